The summed E-state index contributed by atoms with van der Waals surface area (Å²) in [5.74, 6) is 1.14. The molecule has 1 amide bonds. The lowest BCUT2D eigenvalue weighted by atomic mass is 10.2. The number of nitrogens with zero attached hydrogens (tertiary/aromatic N) is 1. The molecule has 0 fully saturated rings. The van der Waals surface area contributed by atoms with Gasteiger partial charge in [0.2, 0.25) is 0 Å². The van der Waals surface area contributed by atoms with Gasteiger partial charge in [0.15, 0.2) is 11.5 Å². The number of hydrazone groups is 1. The first-order valence-electron chi connectivity index (χ1n) is 9.91. The van der Waals surface area contributed by atoms with Crippen LogP contribution in [0.2, 0.25) is 15.1 Å². The Bertz CT molecular complexity index is 1170. The molecule has 0 saturated carbocycles. The van der Waals surface area contributed by atoms with Crippen LogP contribution in [0.1, 0.15) is 28.4 Å². The molecule has 3 aromatic carbocycles. The number of benzene rings is 3. The standard InChI is InChI=1S/C24H21Cl3N2O4/c1-3-32-23-11-16(6-9-22(23)31-2)24(30)29-28-13-15-4-8-21(20(27)10-15)33-14-17-5-7-18(25)12-19(17)26/h4-13H,3,14H2,1-2H3,(H,29,30)/b28-13+. The zero-order chi connectivity index (χ0) is 23.8. The lowest BCUT2D eigenvalue weighted by Crippen LogP contribution is -2.17. The van der Waals surface area contributed by atoms with Crippen LogP contribution >= 0.6 is 34.8 Å². The number of halogens is 3. The molecule has 9 heteroatoms. The van der Waals surface area contributed by atoms with Crippen molar-refractivity contribution in [1.82, 2.24) is 5.43 Å². The van der Waals surface area contributed by atoms with Gasteiger partial charge < -0.3 is 14.2 Å². The smallest absolute Gasteiger partial charge is 0.271 e. The Balaban J connectivity index is 1.60. The first-order chi connectivity index (χ1) is 15.9. The molecule has 0 heterocycles. The minimum absolute atomic E-state index is 0.241. The van der Waals surface area contributed by atoms with Crippen LogP contribution in [0, 0.1) is 0 Å². The maximum Gasteiger partial charge on any atom is 0.271 e. The van der Waals surface area contributed by atoms with Gasteiger partial charge in [-0.05, 0) is 61.0 Å². The van der Waals surface area contributed by atoms with E-state index < -0.39 is 0 Å². The Hall–Kier alpha value is -2.93. The number of hydrogen-bond donors (Lipinski definition) is 1. The number of carbonyl (C=O) groups is 1. The monoisotopic (exact) mass is 506 g/mol. The maximum absolute atomic E-state index is 12.4. The molecule has 0 bridgehead atoms. The van der Waals surface area contributed by atoms with Gasteiger partial charge in [0.1, 0.15) is 12.4 Å². The van der Waals surface area contributed by atoms with Crippen LogP contribution in [0.5, 0.6) is 17.2 Å². The fourth-order valence-electron chi connectivity index (χ4n) is 2.82. The Kier molecular flexibility index (Phi) is 8.83. The van der Waals surface area contributed by atoms with E-state index in [9.17, 15) is 4.79 Å². The Morgan fingerprint density at radius 3 is 2.42 bits per heavy atom. The van der Waals surface area contributed by atoms with Gasteiger partial charge in [-0.2, -0.15) is 5.10 Å². The van der Waals surface area contributed by atoms with Crippen molar-refractivity contribution in [2.24, 2.45) is 5.10 Å². The highest BCUT2D eigenvalue weighted by molar-refractivity contribution is 6.35. The summed E-state index contributed by atoms with van der Waals surface area (Å²) in [6.45, 7) is 2.54. The van der Waals surface area contributed by atoms with Gasteiger partial charge >= 0.3 is 0 Å². The second-order valence-corrected chi connectivity index (χ2v) is 7.96. The van der Waals surface area contributed by atoms with Crippen LogP contribution in [-0.4, -0.2) is 25.8 Å². The highest BCUT2D eigenvalue weighted by atomic mass is 35.5. The Morgan fingerprint density at radius 1 is 0.939 bits per heavy atom. The van der Waals surface area contributed by atoms with Crippen molar-refractivity contribution in [3.63, 3.8) is 0 Å². The van der Waals surface area contributed by atoms with E-state index in [1.165, 1.54) is 13.3 Å². The molecule has 3 aromatic rings. The molecule has 0 aliphatic heterocycles. The molecule has 0 aliphatic rings. The Morgan fingerprint density at radius 2 is 1.73 bits per heavy atom. The van der Waals surface area contributed by atoms with Crippen molar-refractivity contribution in [3.05, 3.63) is 86.4 Å². The maximum atomic E-state index is 12.4. The number of amides is 1. The summed E-state index contributed by atoms with van der Waals surface area (Å²) in [6.07, 6.45) is 1.48. The largest absolute Gasteiger partial charge is 0.493 e. The number of hydrogen-bond acceptors (Lipinski definition) is 5. The third-order valence-corrected chi connectivity index (χ3v) is 5.34. The molecule has 172 valence electrons. The molecule has 3 rings (SSSR count). The molecule has 1 N–H and O–H groups in total. The van der Waals surface area contributed by atoms with Crippen LogP contribution in [0.25, 0.3) is 0 Å². The molecular weight excluding hydrogens is 487 g/mol. The van der Waals surface area contributed by atoms with Gasteiger partial charge in [0.25, 0.3) is 5.91 Å². The Labute approximate surface area is 207 Å². The van der Waals surface area contributed by atoms with Crippen molar-refractivity contribution in [3.8, 4) is 17.2 Å². The second kappa shape index (κ2) is 11.8. The van der Waals surface area contributed by atoms with E-state index in [1.54, 1.807) is 54.6 Å². The zero-order valence-corrected chi connectivity index (χ0v) is 20.2. The van der Waals surface area contributed by atoms with E-state index in [2.05, 4.69) is 10.5 Å². The van der Waals surface area contributed by atoms with Crippen molar-refractivity contribution in [2.75, 3.05) is 13.7 Å². The number of methoxy groups -OCH3 is 1. The summed E-state index contributed by atoms with van der Waals surface area (Å²) in [4.78, 5) is 12.4. The summed E-state index contributed by atoms with van der Waals surface area (Å²) in [7, 11) is 1.54. The predicted octanol–water partition coefficient (Wildman–Crippen LogP) is 6.40. The van der Waals surface area contributed by atoms with Crippen molar-refractivity contribution in [2.45, 2.75) is 13.5 Å². The van der Waals surface area contributed by atoms with Gasteiger partial charge in [-0.3, -0.25) is 4.79 Å². The van der Waals surface area contributed by atoms with E-state index in [-0.39, 0.29) is 12.5 Å². The summed E-state index contributed by atoms with van der Waals surface area (Å²) >= 11 is 18.4. The quantitative estimate of drug-likeness (QED) is 0.269. The van der Waals surface area contributed by atoms with Crippen LogP contribution < -0.4 is 19.6 Å². The van der Waals surface area contributed by atoms with Crippen LogP contribution in [-0.2, 0) is 6.61 Å². The summed E-state index contributed by atoms with van der Waals surface area (Å²) in [6, 6.07) is 15.2. The molecule has 0 spiro atoms. The van der Waals surface area contributed by atoms with E-state index in [1.807, 2.05) is 6.92 Å². The van der Waals surface area contributed by atoms with E-state index in [0.29, 0.717) is 50.1 Å². The summed E-state index contributed by atoms with van der Waals surface area (Å²) < 4.78 is 16.5. The molecule has 33 heavy (non-hydrogen) atoms. The summed E-state index contributed by atoms with van der Waals surface area (Å²) in [5, 5.41) is 5.46. The average molecular weight is 508 g/mol. The second-order valence-electron chi connectivity index (χ2n) is 6.71. The minimum Gasteiger partial charge on any atom is -0.493 e. The van der Waals surface area contributed by atoms with Crippen molar-refractivity contribution >= 4 is 46.9 Å². The molecule has 0 aromatic heterocycles. The third kappa shape index (κ3) is 6.78. The van der Waals surface area contributed by atoms with Crippen LogP contribution in [0.3, 0.4) is 0 Å². The zero-order valence-electron chi connectivity index (χ0n) is 17.9. The van der Waals surface area contributed by atoms with Gasteiger partial charge in [0.05, 0.1) is 25.0 Å². The highest BCUT2D eigenvalue weighted by Crippen LogP contribution is 2.29. The molecule has 0 aliphatic carbocycles. The van der Waals surface area contributed by atoms with Gasteiger partial charge in [-0.25, -0.2) is 5.43 Å². The van der Waals surface area contributed by atoms with Gasteiger partial charge in [-0.1, -0.05) is 40.9 Å². The molecule has 6 nitrogen and oxygen atoms in total. The molecule has 0 radical (unpaired) electrons. The van der Waals surface area contributed by atoms with Gasteiger partial charge in [0, 0.05) is 21.2 Å². The molecular formula is C24H21Cl3N2O4. The van der Waals surface area contributed by atoms with Crippen molar-refractivity contribution < 1.29 is 19.0 Å². The lowest BCUT2D eigenvalue weighted by Gasteiger charge is -2.10. The normalized spacial score (nSPS) is 10.8. The van der Waals surface area contributed by atoms with E-state index in [4.69, 9.17) is 49.0 Å². The number of rotatable bonds is 9. The average Bonchev–Trinajstić information content (AvgIpc) is 2.79. The van der Waals surface area contributed by atoms with E-state index in [0.717, 1.165) is 5.56 Å². The van der Waals surface area contributed by atoms with Crippen molar-refractivity contribution in [1.29, 1.82) is 0 Å². The SMILES string of the molecule is CCOc1cc(C(=O)N/N=C/c2ccc(OCc3ccc(Cl)cc3Cl)c(Cl)c2)ccc1OC. The topological polar surface area (TPSA) is 69.2 Å². The third-order valence-electron chi connectivity index (χ3n) is 4.46. The molecule has 0 atom stereocenters. The first kappa shape index (κ1) is 24.7. The van der Waals surface area contributed by atoms with Gasteiger partial charge in [-0.15, -0.1) is 0 Å². The predicted molar refractivity (Wildman–Crippen MR) is 131 cm³/mol. The first-order valence-corrected chi connectivity index (χ1v) is 11.0. The number of ether oxygens (including phenoxy) is 3. The number of nitrogens with one attached hydrogen (secondary N) is 1. The minimum atomic E-state index is -0.388. The van der Waals surface area contributed by atoms with Crippen LogP contribution in [0.15, 0.2) is 59.7 Å². The molecule has 0 saturated heterocycles. The lowest BCUT2D eigenvalue weighted by molar-refractivity contribution is 0.0954. The molecule has 0 unspecified atom stereocenters. The fourth-order valence-corrected chi connectivity index (χ4v) is 3.53. The number of carbonyl (C=O) groups excluding carboxylic acids is 1. The van der Waals surface area contributed by atoms with Crippen LogP contribution in [0.4, 0.5) is 0 Å². The fraction of sp³-hybridized carbons (Fsp3) is 0.167. The van der Waals surface area contributed by atoms with E-state index >= 15 is 0 Å². The summed E-state index contributed by atoms with van der Waals surface area (Å²) in [5.41, 5.74) is 4.34. The highest BCUT2D eigenvalue weighted by Gasteiger charge is 2.11.